The number of methoxy groups -OCH3 is 1. The molecule has 0 spiro atoms. The third-order valence-electron chi connectivity index (χ3n) is 5.72. The minimum Gasteiger partial charge on any atom is -0.368 e. The van der Waals surface area contributed by atoms with Crippen LogP contribution in [-0.4, -0.2) is 44.2 Å². The molecule has 2 aromatic rings. The number of para-hydroxylation sites is 1. The lowest BCUT2D eigenvalue weighted by Gasteiger charge is -2.34. The zero-order chi connectivity index (χ0) is 19.6. The van der Waals surface area contributed by atoms with Gasteiger partial charge >= 0.3 is 0 Å². The molecule has 2 aliphatic heterocycles. The molecule has 2 aromatic carbocycles. The normalized spacial score (nSPS) is 17.2. The van der Waals surface area contributed by atoms with Crippen LogP contribution in [0.4, 0.5) is 11.4 Å². The third-order valence-corrected chi connectivity index (χ3v) is 5.72. The van der Waals surface area contributed by atoms with E-state index in [1.54, 1.807) is 36.3 Å². The van der Waals surface area contributed by atoms with Gasteiger partial charge in [-0.25, -0.2) is 0 Å². The van der Waals surface area contributed by atoms with Crippen LogP contribution in [0.1, 0.15) is 28.8 Å². The largest absolute Gasteiger partial charge is 0.368 e. The number of carbonyl (C=O) groups is 2. The summed E-state index contributed by atoms with van der Waals surface area (Å²) in [6, 6.07) is 15.1. The summed E-state index contributed by atoms with van der Waals surface area (Å²) in [4.78, 5) is 27.7. The maximum atomic E-state index is 13.0. The fourth-order valence-electron chi connectivity index (χ4n) is 4.03. The van der Waals surface area contributed by atoms with Gasteiger partial charge in [0, 0.05) is 30.6 Å². The Bertz CT molecular complexity index is 896. The molecule has 0 bridgehead atoms. The van der Waals surface area contributed by atoms with Crippen molar-refractivity contribution in [2.45, 2.75) is 24.9 Å². The van der Waals surface area contributed by atoms with Crippen molar-refractivity contribution in [1.82, 2.24) is 5.32 Å². The number of ether oxygens (including phenoxy) is 1. The first-order chi connectivity index (χ1) is 13.6. The first kappa shape index (κ1) is 21.3. The molecule has 0 saturated carbocycles. The van der Waals surface area contributed by atoms with E-state index in [1.807, 2.05) is 18.2 Å². The smallest absolute Gasteiger partial charge is 0.258 e. The summed E-state index contributed by atoms with van der Waals surface area (Å²) >= 11 is 0. The lowest BCUT2D eigenvalue weighted by atomic mass is 9.91. The van der Waals surface area contributed by atoms with Crippen molar-refractivity contribution in [3.05, 3.63) is 59.7 Å². The average Bonchev–Trinajstić information content (AvgIpc) is 3.18. The fraction of sp³-hybridized carbons (Fsp3) is 0.364. The van der Waals surface area contributed by atoms with Gasteiger partial charge in [-0.2, -0.15) is 0 Å². The van der Waals surface area contributed by atoms with Crippen LogP contribution in [0.2, 0.25) is 0 Å². The highest BCUT2D eigenvalue weighted by Gasteiger charge is 2.39. The molecular weight excluding hydrogens is 390 g/mol. The Kier molecular flexibility index (Phi) is 6.57. The molecule has 29 heavy (non-hydrogen) atoms. The number of hydrogen-bond acceptors (Lipinski definition) is 4. The van der Waals surface area contributed by atoms with Crippen LogP contribution in [0, 0.1) is 0 Å². The standard InChI is InChI=1S/C22H25N3O3.ClH/c1-28-22(10-12-23-13-11-22)21(27)24-18-7-4-6-17(15-18)20(26)25-14-9-16-5-2-3-8-19(16)25;/h2-8,15,23H,9-14H2,1H3,(H,24,27);1H. The van der Waals surface area contributed by atoms with Gasteiger partial charge < -0.3 is 20.3 Å². The number of nitrogens with one attached hydrogen (secondary N) is 2. The Morgan fingerprint density at radius 3 is 2.62 bits per heavy atom. The van der Waals surface area contributed by atoms with Crippen molar-refractivity contribution in [2.24, 2.45) is 0 Å². The third kappa shape index (κ3) is 4.15. The van der Waals surface area contributed by atoms with Crippen molar-refractivity contribution >= 4 is 35.6 Å². The van der Waals surface area contributed by atoms with Crippen molar-refractivity contribution < 1.29 is 14.3 Å². The number of benzene rings is 2. The van der Waals surface area contributed by atoms with Crippen LogP contribution in [0.15, 0.2) is 48.5 Å². The predicted molar refractivity (Wildman–Crippen MR) is 116 cm³/mol. The maximum Gasteiger partial charge on any atom is 0.258 e. The SMILES string of the molecule is COC1(C(=O)Nc2cccc(C(=O)N3CCc4ccccc43)c2)CCNCC1.Cl. The topological polar surface area (TPSA) is 70.7 Å². The van der Waals surface area contributed by atoms with Crippen LogP contribution >= 0.6 is 12.4 Å². The zero-order valence-electron chi connectivity index (χ0n) is 16.4. The molecule has 1 fully saturated rings. The quantitative estimate of drug-likeness (QED) is 0.805. The van der Waals surface area contributed by atoms with Gasteiger partial charge in [-0.3, -0.25) is 9.59 Å². The highest BCUT2D eigenvalue weighted by molar-refractivity contribution is 6.08. The highest BCUT2D eigenvalue weighted by atomic mass is 35.5. The van der Waals surface area contributed by atoms with Gasteiger partial charge in [-0.05, 0) is 62.2 Å². The van der Waals surface area contributed by atoms with Crippen LogP contribution in [0.5, 0.6) is 0 Å². The first-order valence-electron chi connectivity index (χ1n) is 9.70. The van der Waals surface area contributed by atoms with Gasteiger partial charge in [-0.1, -0.05) is 24.3 Å². The molecule has 2 N–H and O–H groups in total. The number of carbonyl (C=O) groups excluding carboxylic acids is 2. The van der Waals surface area contributed by atoms with Gasteiger partial charge in [0.1, 0.15) is 5.60 Å². The van der Waals surface area contributed by atoms with E-state index in [9.17, 15) is 9.59 Å². The number of amides is 2. The minimum atomic E-state index is -0.820. The molecule has 154 valence electrons. The van der Waals surface area contributed by atoms with Gasteiger partial charge in [0.25, 0.3) is 11.8 Å². The molecule has 0 radical (unpaired) electrons. The Hall–Kier alpha value is -2.41. The van der Waals surface area contributed by atoms with Crippen LogP contribution in [0.25, 0.3) is 0 Å². The van der Waals surface area contributed by atoms with E-state index >= 15 is 0 Å². The van der Waals surface area contributed by atoms with Crippen molar-refractivity contribution in [3.63, 3.8) is 0 Å². The number of piperidine rings is 1. The van der Waals surface area contributed by atoms with Crippen molar-refractivity contribution in [1.29, 1.82) is 0 Å². The summed E-state index contributed by atoms with van der Waals surface area (Å²) < 4.78 is 5.58. The maximum absolute atomic E-state index is 13.0. The second-order valence-electron chi connectivity index (χ2n) is 7.32. The molecule has 2 heterocycles. The molecule has 0 aliphatic carbocycles. The van der Waals surface area contributed by atoms with Crippen LogP contribution in [-0.2, 0) is 16.0 Å². The highest BCUT2D eigenvalue weighted by Crippen LogP contribution is 2.29. The van der Waals surface area contributed by atoms with E-state index in [1.165, 1.54) is 5.56 Å². The number of nitrogens with zero attached hydrogens (tertiary/aromatic N) is 1. The van der Waals surface area contributed by atoms with E-state index < -0.39 is 5.60 Å². The monoisotopic (exact) mass is 415 g/mol. The Labute approximate surface area is 177 Å². The molecule has 7 heteroatoms. The van der Waals surface area contributed by atoms with Crippen molar-refractivity contribution in [3.8, 4) is 0 Å². The molecule has 0 atom stereocenters. The van der Waals surface area contributed by atoms with Gasteiger partial charge in [0.2, 0.25) is 0 Å². The number of hydrogen-bond donors (Lipinski definition) is 2. The lowest BCUT2D eigenvalue weighted by molar-refractivity contribution is -0.140. The molecular formula is C22H26ClN3O3. The number of anilines is 2. The summed E-state index contributed by atoms with van der Waals surface area (Å²) in [6.45, 7) is 2.16. The fourth-order valence-corrected chi connectivity index (χ4v) is 4.03. The molecule has 1 saturated heterocycles. The van der Waals surface area contributed by atoms with E-state index in [0.29, 0.717) is 30.6 Å². The minimum absolute atomic E-state index is 0. The first-order valence-corrected chi connectivity index (χ1v) is 9.70. The predicted octanol–water partition coefficient (Wildman–Crippen LogP) is 3.02. The molecule has 0 unspecified atom stereocenters. The Morgan fingerprint density at radius 1 is 1.10 bits per heavy atom. The summed E-state index contributed by atoms with van der Waals surface area (Å²) in [5, 5.41) is 6.19. The van der Waals surface area contributed by atoms with E-state index in [2.05, 4.69) is 16.7 Å². The van der Waals surface area contributed by atoms with Crippen LogP contribution in [0.3, 0.4) is 0 Å². The summed E-state index contributed by atoms with van der Waals surface area (Å²) in [5.74, 6) is -0.211. The van der Waals surface area contributed by atoms with E-state index in [4.69, 9.17) is 4.74 Å². The molecule has 0 aromatic heterocycles. The summed E-state index contributed by atoms with van der Waals surface area (Å²) in [7, 11) is 1.58. The number of halogens is 1. The van der Waals surface area contributed by atoms with Crippen LogP contribution < -0.4 is 15.5 Å². The van der Waals surface area contributed by atoms with E-state index in [0.717, 1.165) is 25.2 Å². The molecule has 2 amide bonds. The lowest BCUT2D eigenvalue weighted by Crippen LogP contribution is -2.51. The van der Waals surface area contributed by atoms with Gasteiger partial charge in [0.05, 0.1) is 0 Å². The summed E-state index contributed by atoms with van der Waals surface area (Å²) in [5.41, 5.74) is 2.51. The number of rotatable bonds is 4. The Morgan fingerprint density at radius 2 is 1.86 bits per heavy atom. The Balaban J connectivity index is 0.00000240. The average molecular weight is 416 g/mol. The molecule has 4 rings (SSSR count). The molecule has 2 aliphatic rings. The van der Waals surface area contributed by atoms with E-state index in [-0.39, 0.29) is 24.2 Å². The number of fused-ring (bicyclic) bond motifs is 1. The van der Waals surface area contributed by atoms with Gasteiger partial charge in [0.15, 0.2) is 0 Å². The summed E-state index contributed by atoms with van der Waals surface area (Å²) in [6.07, 6.45) is 2.11. The van der Waals surface area contributed by atoms with Gasteiger partial charge in [-0.15, -0.1) is 12.4 Å². The zero-order valence-corrected chi connectivity index (χ0v) is 17.3. The molecule has 6 nitrogen and oxygen atoms in total. The second kappa shape index (κ2) is 8.95. The van der Waals surface area contributed by atoms with Crippen molar-refractivity contribution in [2.75, 3.05) is 37.0 Å². The second-order valence-corrected chi connectivity index (χ2v) is 7.32.